The molecule has 2 aliphatic carbocycles. The first-order valence-electron chi connectivity index (χ1n) is 9.82. The van der Waals surface area contributed by atoms with Crippen LogP contribution < -0.4 is 10.6 Å². The Morgan fingerprint density at radius 1 is 1.08 bits per heavy atom. The Morgan fingerprint density at radius 2 is 1.96 bits per heavy atom. The van der Waals surface area contributed by atoms with Crippen LogP contribution in [0, 0.1) is 0 Å². The molecule has 132 valence electrons. The van der Waals surface area contributed by atoms with Gasteiger partial charge < -0.3 is 15.6 Å². The highest BCUT2D eigenvalue weighted by Gasteiger charge is 2.19. The van der Waals surface area contributed by atoms with Crippen molar-refractivity contribution >= 4 is 16.6 Å². The van der Waals surface area contributed by atoms with E-state index >= 15 is 0 Å². The van der Waals surface area contributed by atoms with Gasteiger partial charge in [-0.2, -0.15) is 0 Å². The molecule has 3 N–H and O–H groups in total. The monoisotopic (exact) mass is 343 g/mol. The number of allylic oxidation sites excluding steroid dienone is 4. The largest absolute Gasteiger partial charge is 0.361 e. The summed E-state index contributed by atoms with van der Waals surface area (Å²) in [5.74, 6) is 0.674. The van der Waals surface area contributed by atoms with E-state index in [0.717, 1.165) is 24.5 Å². The highest BCUT2D eigenvalue weighted by Crippen LogP contribution is 2.34. The second-order valence-corrected chi connectivity index (χ2v) is 7.59. The first-order chi connectivity index (χ1) is 12.9. The molecule has 0 radical (unpaired) electrons. The first kappa shape index (κ1) is 15.7. The fraction of sp³-hybridized carbons (Fsp3) is 0.348. The lowest BCUT2D eigenvalue weighted by atomic mass is 9.90. The van der Waals surface area contributed by atoms with E-state index in [1.54, 1.807) is 0 Å². The molecule has 0 bridgehead atoms. The predicted octanol–water partition coefficient (Wildman–Crippen LogP) is 5.14. The van der Waals surface area contributed by atoms with E-state index in [4.69, 9.17) is 0 Å². The second kappa shape index (κ2) is 6.68. The number of hydrogen-bond donors (Lipinski definition) is 3. The van der Waals surface area contributed by atoms with E-state index < -0.39 is 0 Å². The summed E-state index contributed by atoms with van der Waals surface area (Å²) in [6.45, 7) is 2.25. The van der Waals surface area contributed by atoms with Gasteiger partial charge in [0.2, 0.25) is 0 Å². The molecule has 26 heavy (non-hydrogen) atoms. The minimum atomic E-state index is 0.674. The van der Waals surface area contributed by atoms with Crippen molar-refractivity contribution in [3.63, 3.8) is 0 Å². The molecule has 3 nitrogen and oxygen atoms in total. The number of benzene rings is 1. The summed E-state index contributed by atoms with van der Waals surface area (Å²) in [7, 11) is 0. The number of H-pyrrole nitrogens is 1. The number of fused-ring (bicyclic) bond motifs is 2. The molecule has 0 spiro atoms. The average Bonchev–Trinajstić information content (AvgIpc) is 3.25. The van der Waals surface area contributed by atoms with Crippen molar-refractivity contribution in [3.05, 3.63) is 70.8 Å². The summed E-state index contributed by atoms with van der Waals surface area (Å²) in [4.78, 5) is 3.49. The lowest BCUT2D eigenvalue weighted by Crippen LogP contribution is -2.26. The topological polar surface area (TPSA) is 39.8 Å². The van der Waals surface area contributed by atoms with Crippen LogP contribution in [0.3, 0.4) is 0 Å². The number of nitrogens with one attached hydrogen (secondary N) is 3. The zero-order chi connectivity index (χ0) is 17.3. The molecule has 1 aromatic heterocycles. The van der Waals surface area contributed by atoms with Gasteiger partial charge in [-0.3, -0.25) is 0 Å². The van der Waals surface area contributed by atoms with Crippen LogP contribution in [0.25, 0.3) is 10.9 Å². The number of anilines is 1. The average molecular weight is 343 g/mol. The van der Waals surface area contributed by atoms with Gasteiger partial charge >= 0.3 is 0 Å². The van der Waals surface area contributed by atoms with Crippen LogP contribution in [0.15, 0.2) is 65.2 Å². The third kappa shape index (κ3) is 2.94. The SMILES string of the molecule is C1=CC=C2CCCC2=CC=1Nc1ccc2c(C3CCNCC3)c[nH]c2c1. The number of piperidine rings is 1. The maximum atomic E-state index is 3.55. The lowest BCUT2D eigenvalue weighted by molar-refractivity contribution is 0.462. The van der Waals surface area contributed by atoms with E-state index in [1.807, 2.05) is 0 Å². The van der Waals surface area contributed by atoms with Gasteiger partial charge in [0.25, 0.3) is 0 Å². The van der Waals surface area contributed by atoms with Crippen LogP contribution in [0.5, 0.6) is 0 Å². The third-order valence-electron chi connectivity index (χ3n) is 5.92. The van der Waals surface area contributed by atoms with Crippen LogP contribution in [-0.4, -0.2) is 18.1 Å². The summed E-state index contributed by atoms with van der Waals surface area (Å²) < 4.78 is 0. The van der Waals surface area contributed by atoms with Crippen LogP contribution in [-0.2, 0) is 0 Å². The molecule has 3 aliphatic rings. The molecule has 1 aliphatic heterocycles. The molecule has 5 rings (SSSR count). The Morgan fingerprint density at radius 3 is 2.88 bits per heavy atom. The van der Waals surface area contributed by atoms with Crippen LogP contribution in [0.2, 0.25) is 0 Å². The van der Waals surface area contributed by atoms with Gasteiger partial charge in [0.15, 0.2) is 0 Å². The minimum absolute atomic E-state index is 0.674. The maximum Gasteiger partial charge on any atom is 0.0820 e. The van der Waals surface area contributed by atoms with E-state index in [-0.39, 0.29) is 0 Å². The molecule has 2 fully saturated rings. The van der Waals surface area contributed by atoms with Crippen molar-refractivity contribution in [3.8, 4) is 0 Å². The fourth-order valence-corrected chi connectivity index (χ4v) is 4.52. The third-order valence-corrected chi connectivity index (χ3v) is 5.92. The van der Waals surface area contributed by atoms with E-state index in [0.29, 0.717) is 5.92 Å². The van der Waals surface area contributed by atoms with Crippen molar-refractivity contribution in [2.75, 3.05) is 18.4 Å². The van der Waals surface area contributed by atoms with Crippen LogP contribution in [0.4, 0.5) is 5.69 Å². The van der Waals surface area contributed by atoms with Gasteiger partial charge in [-0.15, -0.1) is 0 Å². The first-order valence-corrected chi connectivity index (χ1v) is 9.82. The Labute approximate surface area is 154 Å². The molecule has 3 heteroatoms. The summed E-state index contributed by atoms with van der Waals surface area (Å²) in [5.41, 5.74) is 11.2. The van der Waals surface area contributed by atoms with Gasteiger partial charge in [-0.05, 0) is 92.1 Å². The summed E-state index contributed by atoms with van der Waals surface area (Å²) in [5, 5.41) is 8.37. The second-order valence-electron chi connectivity index (χ2n) is 7.59. The highest BCUT2D eigenvalue weighted by molar-refractivity contribution is 5.87. The van der Waals surface area contributed by atoms with Crippen LogP contribution in [0.1, 0.15) is 43.6 Å². The molecule has 1 saturated heterocycles. The molecule has 2 aromatic rings. The molecule has 0 amide bonds. The standard InChI is InChI=1S/C23H25N3/c1-3-16-4-2-6-19(13-18(16)5-1)26-20-7-8-21-22(15-25-23(21)14-20)17-9-11-24-12-10-17/h2,4,7-8,13-15,17,24-26H,1,3,5,9-12H2. The van der Waals surface area contributed by atoms with E-state index in [9.17, 15) is 0 Å². The van der Waals surface area contributed by atoms with Crippen molar-refractivity contribution in [2.45, 2.75) is 38.0 Å². The number of hydrogen-bond acceptors (Lipinski definition) is 2. The van der Waals surface area contributed by atoms with E-state index in [2.05, 4.69) is 64.0 Å². The van der Waals surface area contributed by atoms with Gasteiger partial charge in [0, 0.05) is 22.8 Å². The lowest BCUT2D eigenvalue weighted by Gasteiger charge is -2.22. The number of aromatic amines is 1. The van der Waals surface area contributed by atoms with Crippen molar-refractivity contribution in [1.29, 1.82) is 0 Å². The van der Waals surface area contributed by atoms with Crippen molar-refractivity contribution in [1.82, 2.24) is 10.3 Å². The van der Waals surface area contributed by atoms with Crippen molar-refractivity contribution < 1.29 is 0 Å². The quantitative estimate of drug-likeness (QED) is 0.676. The molecule has 1 saturated carbocycles. The van der Waals surface area contributed by atoms with Gasteiger partial charge in [-0.1, -0.05) is 17.9 Å². The Kier molecular flexibility index (Phi) is 4.05. The van der Waals surface area contributed by atoms with Gasteiger partial charge in [0.05, 0.1) is 5.70 Å². The number of aromatic nitrogens is 1. The normalized spacial score (nSPS) is 20.4. The molecule has 1 aromatic carbocycles. The fourth-order valence-electron chi connectivity index (χ4n) is 4.52. The van der Waals surface area contributed by atoms with Crippen molar-refractivity contribution in [2.24, 2.45) is 0 Å². The maximum absolute atomic E-state index is 3.55. The molecule has 2 heterocycles. The van der Waals surface area contributed by atoms with Gasteiger partial charge in [0.1, 0.15) is 0 Å². The molecule has 0 atom stereocenters. The summed E-state index contributed by atoms with van der Waals surface area (Å²) in [6, 6.07) is 6.68. The zero-order valence-corrected chi connectivity index (χ0v) is 15.1. The smallest absolute Gasteiger partial charge is 0.0820 e. The Bertz CT molecular complexity index is 960. The van der Waals surface area contributed by atoms with Gasteiger partial charge in [-0.25, -0.2) is 0 Å². The summed E-state index contributed by atoms with van der Waals surface area (Å²) in [6.07, 6.45) is 14.9. The zero-order valence-electron chi connectivity index (χ0n) is 15.1. The molecular weight excluding hydrogens is 318 g/mol. The minimum Gasteiger partial charge on any atom is -0.361 e. The van der Waals surface area contributed by atoms with E-state index in [1.165, 1.54) is 59.7 Å². The Hall–Kier alpha value is -2.48. The summed E-state index contributed by atoms with van der Waals surface area (Å²) >= 11 is 0. The number of rotatable bonds is 3. The van der Waals surface area contributed by atoms with Crippen LogP contribution >= 0.6 is 0 Å². The molecular formula is C23H25N3. The highest BCUT2D eigenvalue weighted by atomic mass is 14.9. The predicted molar refractivity (Wildman–Crippen MR) is 108 cm³/mol. The Balaban J connectivity index is 1.40. The molecule has 0 unspecified atom stereocenters.